The Bertz CT molecular complexity index is 391. The molecule has 2 N–H and O–H groups in total. The zero-order valence-corrected chi connectivity index (χ0v) is 8.60. The Morgan fingerprint density at radius 3 is 2.69 bits per heavy atom. The summed E-state index contributed by atoms with van der Waals surface area (Å²) in [4.78, 5) is 21.3. The van der Waals surface area contributed by atoms with Gasteiger partial charge in [-0.05, 0) is 12.1 Å². The van der Waals surface area contributed by atoms with Gasteiger partial charge in [0.05, 0.1) is 12.8 Å². The van der Waals surface area contributed by atoms with Crippen LogP contribution >= 0.6 is 0 Å². The quantitative estimate of drug-likeness (QED) is 0.807. The van der Waals surface area contributed by atoms with Crippen LogP contribution in [-0.2, 0) is 9.53 Å². The van der Waals surface area contributed by atoms with Crippen molar-refractivity contribution in [2.45, 2.75) is 0 Å². The summed E-state index contributed by atoms with van der Waals surface area (Å²) in [5.41, 5.74) is 0.357. The van der Waals surface area contributed by atoms with Crippen LogP contribution in [0.1, 0.15) is 0 Å². The molecule has 6 nitrogen and oxygen atoms in total. The average molecular weight is 225 g/mol. The Labute approximate surface area is 91.8 Å². The zero-order chi connectivity index (χ0) is 12.0. The maximum atomic E-state index is 11.0. The predicted molar refractivity (Wildman–Crippen MR) is 55.6 cm³/mol. The molecule has 0 radical (unpaired) electrons. The molecule has 0 saturated carbocycles. The lowest BCUT2D eigenvalue weighted by atomic mass is 10.3. The van der Waals surface area contributed by atoms with Gasteiger partial charge in [-0.3, -0.25) is 5.32 Å². The summed E-state index contributed by atoms with van der Waals surface area (Å²) in [6.45, 7) is -0.472. The van der Waals surface area contributed by atoms with E-state index < -0.39 is 18.7 Å². The van der Waals surface area contributed by atoms with Gasteiger partial charge in [0.25, 0.3) is 0 Å². The first-order valence-corrected chi connectivity index (χ1v) is 4.42. The minimum atomic E-state index is -1.09. The molecule has 0 heterocycles. The first kappa shape index (κ1) is 11.8. The molecule has 1 rings (SSSR count). The van der Waals surface area contributed by atoms with E-state index in [0.717, 1.165) is 0 Å². The van der Waals surface area contributed by atoms with Crippen molar-refractivity contribution in [1.82, 2.24) is 0 Å². The molecule has 0 aliphatic rings. The number of ether oxygens (including phenoxy) is 2. The number of methoxy groups -OCH3 is 1. The van der Waals surface area contributed by atoms with Crippen molar-refractivity contribution in [2.24, 2.45) is 0 Å². The van der Waals surface area contributed by atoms with Gasteiger partial charge in [-0.25, -0.2) is 9.59 Å². The van der Waals surface area contributed by atoms with Crippen LogP contribution in [0.4, 0.5) is 10.5 Å². The smallest absolute Gasteiger partial charge is 0.411 e. The normalized spacial score (nSPS) is 9.31. The number of carbonyl (C=O) groups is 2. The monoisotopic (exact) mass is 225 g/mol. The molecule has 16 heavy (non-hydrogen) atoms. The number of rotatable bonds is 4. The lowest BCUT2D eigenvalue weighted by molar-refractivity contribution is -0.139. The van der Waals surface area contributed by atoms with Gasteiger partial charge in [-0.15, -0.1) is 0 Å². The van der Waals surface area contributed by atoms with E-state index in [1.165, 1.54) is 7.11 Å². The number of nitrogens with one attached hydrogen (secondary N) is 1. The van der Waals surface area contributed by atoms with Gasteiger partial charge in [0.1, 0.15) is 5.75 Å². The third kappa shape index (κ3) is 3.49. The third-order valence-electron chi connectivity index (χ3n) is 1.66. The molecule has 1 aromatic rings. The predicted octanol–water partition coefficient (Wildman–Crippen LogP) is 1.33. The maximum absolute atomic E-state index is 11.0. The number of carboxylic acid groups (broad SMARTS) is 1. The molecule has 0 aliphatic carbocycles. The Morgan fingerprint density at radius 1 is 1.38 bits per heavy atom. The second-order valence-electron chi connectivity index (χ2n) is 2.80. The molecule has 6 heteroatoms. The standard InChI is InChI=1S/C10H11NO5/c1-15-10(14)11-7-4-2-3-5-8(7)16-6-9(12)13/h2-5H,6H2,1H3,(H,11,14)(H,12,13). The summed E-state index contributed by atoms with van der Waals surface area (Å²) < 4.78 is 9.39. The molecule has 0 aliphatic heterocycles. The highest BCUT2D eigenvalue weighted by Gasteiger charge is 2.08. The van der Waals surface area contributed by atoms with Gasteiger partial charge in [-0.1, -0.05) is 12.1 Å². The van der Waals surface area contributed by atoms with E-state index in [1.54, 1.807) is 24.3 Å². The number of aliphatic carboxylic acids is 1. The van der Waals surface area contributed by atoms with Crippen LogP contribution in [-0.4, -0.2) is 30.9 Å². The summed E-state index contributed by atoms with van der Waals surface area (Å²) in [6, 6.07) is 6.47. The van der Waals surface area contributed by atoms with Gasteiger partial charge < -0.3 is 14.6 Å². The topological polar surface area (TPSA) is 84.9 Å². The number of hydrogen-bond donors (Lipinski definition) is 2. The number of para-hydroxylation sites is 2. The Morgan fingerprint density at radius 2 is 2.06 bits per heavy atom. The van der Waals surface area contributed by atoms with Gasteiger partial charge in [0.15, 0.2) is 6.61 Å². The molecule has 0 spiro atoms. The van der Waals surface area contributed by atoms with Crippen molar-refractivity contribution < 1.29 is 24.2 Å². The first-order chi connectivity index (χ1) is 7.63. The highest BCUT2D eigenvalue weighted by molar-refractivity contribution is 5.86. The van der Waals surface area contributed by atoms with Gasteiger partial charge in [-0.2, -0.15) is 0 Å². The molecular formula is C10H11NO5. The summed E-state index contributed by atoms with van der Waals surface area (Å²) in [7, 11) is 1.23. The van der Waals surface area contributed by atoms with Gasteiger partial charge in [0, 0.05) is 0 Å². The molecule has 0 unspecified atom stereocenters. The van der Waals surface area contributed by atoms with E-state index in [0.29, 0.717) is 5.69 Å². The molecule has 86 valence electrons. The molecule has 0 atom stereocenters. The lowest BCUT2D eigenvalue weighted by Crippen LogP contribution is -2.14. The fourth-order valence-corrected chi connectivity index (χ4v) is 0.996. The van der Waals surface area contributed by atoms with E-state index in [9.17, 15) is 9.59 Å². The van der Waals surface area contributed by atoms with E-state index >= 15 is 0 Å². The van der Waals surface area contributed by atoms with Crippen molar-refractivity contribution >= 4 is 17.7 Å². The number of hydrogen-bond acceptors (Lipinski definition) is 4. The van der Waals surface area contributed by atoms with E-state index in [4.69, 9.17) is 9.84 Å². The summed E-state index contributed by atoms with van der Waals surface area (Å²) in [6.07, 6.45) is -0.647. The molecule has 1 aromatic carbocycles. The average Bonchev–Trinajstić information content (AvgIpc) is 2.27. The Kier molecular flexibility index (Phi) is 4.14. The highest BCUT2D eigenvalue weighted by Crippen LogP contribution is 2.23. The maximum Gasteiger partial charge on any atom is 0.411 e. The molecular weight excluding hydrogens is 214 g/mol. The Balaban J connectivity index is 2.74. The molecule has 0 fully saturated rings. The number of benzene rings is 1. The summed E-state index contributed by atoms with van der Waals surface area (Å²) in [5, 5.41) is 10.9. The molecule has 0 saturated heterocycles. The second kappa shape index (κ2) is 5.59. The second-order valence-corrected chi connectivity index (χ2v) is 2.80. The molecule has 1 amide bonds. The largest absolute Gasteiger partial charge is 0.480 e. The first-order valence-electron chi connectivity index (χ1n) is 4.42. The Hall–Kier alpha value is -2.24. The SMILES string of the molecule is COC(=O)Nc1ccccc1OCC(=O)O. The van der Waals surface area contributed by atoms with Crippen LogP contribution in [0.3, 0.4) is 0 Å². The fraction of sp³-hybridized carbons (Fsp3) is 0.200. The number of anilines is 1. The zero-order valence-electron chi connectivity index (χ0n) is 8.60. The fourth-order valence-electron chi connectivity index (χ4n) is 0.996. The van der Waals surface area contributed by atoms with Crippen molar-refractivity contribution in [3.05, 3.63) is 24.3 Å². The van der Waals surface area contributed by atoms with Crippen molar-refractivity contribution in [2.75, 3.05) is 19.0 Å². The van der Waals surface area contributed by atoms with Crippen LogP contribution in [0.25, 0.3) is 0 Å². The van der Waals surface area contributed by atoms with Gasteiger partial charge >= 0.3 is 12.1 Å². The van der Waals surface area contributed by atoms with Crippen LogP contribution < -0.4 is 10.1 Å². The number of amides is 1. The van der Waals surface area contributed by atoms with E-state index in [1.807, 2.05) is 0 Å². The molecule has 0 bridgehead atoms. The van der Waals surface area contributed by atoms with Crippen molar-refractivity contribution in [1.29, 1.82) is 0 Å². The van der Waals surface area contributed by atoms with Crippen LogP contribution in [0.2, 0.25) is 0 Å². The van der Waals surface area contributed by atoms with Crippen LogP contribution in [0, 0.1) is 0 Å². The van der Waals surface area contributed by atoms with Crippen LogP contribution in [0.5, 0.6) is 5.75 Å². The highest BCUT2D eigenvalue weighted by atomic mass is 16.5. The minimum absolute atomic E-state index is 0.273. The summed E-state index contributed by atoms with van der Waals surface area (Å²) in [5.74, 6) is -0.817. The summed E-state index contributed by atoms with van der Waals surface area (Å²) >= 11 is 0. The third-order valence-corrected chi connectivity index (χ3v) is 1.66. The van der Waals surface area contributed by atoms with E-state index in [-0.39, 0.29) is 5.75 Å². The lowest BCUT2D eigenvalue weighted by Gasteiger charge is -2.09. The van der Waals surface area contributed by atoms with Crippen molar-refractivity contribution in [3.63, 3.8) is 0 Å². The van der Waals surface area contributed by atoms with Crippen LogP contribution in [0.15, 0.2) is 24.3 Å². The minimum Gasteiger partial charge on any atom is -0.480 e. The number of carbonyl (C=O) groups excluding carboxylic acids is 1. The van der Waals surface area contributed by atoms with Gasteiger partial charge in [0.2, 0.25) is 0 Å². The molecule has 0 aromatic heterocycles. The van der Waals surface area contributed by atoms with Crippen molar-refractivity contribution in [3.8, 4) is 5.75 Å². The number of carboxylic acids is 1. The van der Waals surface area contributed by atoms with E-state index in [2.05, 4.69) is 10.1 Å².